The highest BCUT2D eigenvalue weighted by atomic mass is 32.2. The minimum Gasteiger partial charge on any atom is -0.480 e. The van der Waals surface area contributed by atoms with E-state index in [0.717, 1.165) is 6.42 Å². The van der Waals surface area contributed by atoms with E-state index < -0.39 is 12.0 Å². The van der Waals surface area contributed by atoms with Gasteiger partial charge in [-0.15, -0.1) is 11.8 Å². The molecular formula is C15H26N2O3S. The Balaban J connectivity index is 1.91. The van der Waals surface area contributed by atoms with Crippen LogP contribution in [0.1, 0.15) is 46.0 Å². The molecule has 120 valence electrons. The highest BCUT2D eigenvalue weighted by Crippen LogP contribution is 2.42. The van der Waals surface area contributed by atoms with Crippen molar-refractivity contribution >= 4 is 23.8 Å². The predicted octanol–water partition coefficient (Wildman–Crippen LogP) is 2.76. The van der Waals surface area contributed by atoms with E-state index >= 15 is 0 Å². The van der Waals surface area contributed by atoms with Crippen molar-refractivity contribution in [3.05, 3.63) is 0 Å². The average Bonchev–Trinajstić information content (AvgIpc) is 3.04. The fourth-order valence-electron chi connectivity index (χ4n) is 3.66. The van der Waals surface area contributed by atoms with Gasteiger partial charge in [-0.2, -0.15) is 0 Å². The van der Waals surface area contributed by atoms with Crippen LogP contribution in [0.5, 0.6) is 0 Å². The summed E-state index contributed by atoms with van der Waals surface area (Å²) in [6.45, 7) is 5.12. The number of urea groups is 1. The first-order chi connectivity index (χ1) is 9.93. The van der Waals surface area contributed by atoms with E-state index in [4.69, 9.17) is 5.11 Å². The normalized spacial score (nSPS) is 24.5. The van der Waals surface area contributed by atoms with Crippen molar-refractivity contribution in [1.82, 2.24) is 10.2 Å². The van der Waals surface area contributed by atoms with Crippen molar-refractivity contribution in [3.63, 3.8) is 0 Å². The Morgan fingerprint density at radius 1 is 1.38 bits per heavy atom. The van der Waals surface area contributed by atoms with E-state index in [9.17, 15) is 9.59 Å². The van der Waals surface area contributed by atoms with E-state index in [1.165, 1.54) is 42.3 Å². The number of thioether (sulfide) groups is 1. The first kappa shape index (κ1) is 16.5. The Labute approximate surface area is 130 Å². The third kappa shape index (κ3) is 4.05. The van der Waals surface area contributed by atoms with Crippen LogP contribution >= 0.6 is 11.8 Å². The zero-order chi connectivity index (χ0) is 15.5. The second-order valence-electron chi connectivity index (χ2n) is 6.79. The highest BCUT2D eigenvalue weighted by Gasteiger charge is 2.38. The summed E-state index contributed by atoms with van der Waals surface area (Å²) >= 11 is 1.50. The summed E-state index contributed by atoms with van der Waals surface area (Å²) in [6.07, 6.45) is 5.94. The highest BCUT2D eigenvalue weighted by molar-refractivity contribution is 7.99. The molecule has 1 aliphatic heterocycles. The zero-order valence-electron chi connectivity index (χ0n) is 12.9. The summed E-state index contributed by atoms with van der Waals surface area (Å²) in [5.74, 6) is 0.668. The van der Waals surface area contributed by atoms with Crippen molar-refractivity contribution in [2.75, 3.05) is 18.2 Å². The number of rotatable bonds is 5. The van der Waals surface area contributed by atoms with Gasteiger partial charge in [-0.3, -0.25) is 0 Å². The third-order valence-electron chi connectivity index (χ3n) is 4.55. The predicted molar refractivity (Wildman–Crippen MR) is 84.3 cm³/mol. The molecule has 5 nitrogen and oxygen atoms in total. The number of carboxylic acids is 1. The molecule has 0 aromatic carbocycles. The molecule has 0 unspecified atom stereocenters. The molecule has 0 aromatic heterocycles. The molecule has 2 amide bonds. The molecule has 0 radical (unpaired) electrons. The van der Waals surface area contributed by atoms with Crippen LogP contribution < -0.4 is 5.32 Å². The molecule has 0 bridgehead atoms. The minimum atomic E-state index is -0.909. The molecule has 6 heteroatoms. The van der Waals surface area contributed by atoms with Gasteiger partial charge in [-0.05, 0) is 30.6 Å². The number of nitrogens with zero attached hydrogens (tertiary/aromatic N) is 1. The van der Waals surface area contributed by atoms with Gasteiger partial charge in [-0.1, -0.05) is 26.7 Å². The third-order valence-corrected chi connectivity index (χ3v) is 5.56. The first-order valence-electron chi connectivity index (χ1n) is 7.78. The lowest BCUT2D eigenvalue weighted by Gasteiger charge is -2.32. The molecular weight excluding hydrogens is 288 g/mol. The lowest BCUT2D eigenvalue weighted by molar-refractivity contribution is -0.140. The van der Waals surface area contributed by atoms with E-state index in [-0.39, 0.29) is 11.4 Å². The summed E-state index contributed by atoms with van der Waals surface area (Å²) in [5.41, 5.74) is 0.218. The van der Waals surface area contributed by atoms with Crippen LogP contribution in [-0.4, -0.2) is 46.2 Å². The van der Waals surface area contributed by atoms with E-state index in [2.05, 4.69) is 19.2 Å². The molecule has 1 saturated heterocycles. The number of carbonyl (C=O) groups excluding carboxylic acids is 1. The van der Waals surface area contributed by atoms with Crippen LogP contribution in [0.4, 0.5) is 4.79 Å². The molecule has 2 fully saturated rings. The van der Waals surface area contributed by atoms with Gasteiger partial charge >= 0.3 is 12.0 Å². The molecule has 2 N–H and O–H groups in total. The lowest BCUT2D eigenvalue weighted by Crippen LogP contribution is -2.49. The Bertz CT molecular complexity index is 394. The lowest BCUT2D eigenvalue weighted by atomic mass is 9.78. The van der Waals surface area contributed by atoms with Crippen LogP contribution in [-0.2, 0) is 4.79 Å². The van der Waals surface area contributed by atoms with Crippen LogP contribution in [0.2, 0.25) is 0 Å². The zero-order valence-corrected chi connectivity index (χ0v) is 13.7. The second-order valence-corrected chi connectivity index (χ2v) is 7.79. The van der Waals surface area contributed by atoms with Crippen molar-refractivity contribution in [3.8, 4) is 0 Å². The van der Waals surface area contributed by atoms with Crippen molar-refractivity contribution < 1.29 is 14.7 Å². The molecule has 21 heavy (non-hydrogen) atoms. The number of hydrogen-bond acceptors (Lipinski definition) is 3. The maximum absolute atomic E-state index is 12.3. The summed E-state index contributed by atoms with van der Waals surface area (Å²) in [6, 6.07) is -0.901. The fraction of sp³-hybridized carbons (Fsp3) is 0.867. The largest absolute Gasteiger partial charge is 0.480 e. The molecule has 0 aromatic rings. The molecule has 0 spiro atoms. The number of hydrogen-bond donors (Lipinski definition) is 2. The number of amides is 2. The topological polar surface area (TPSA) is 69.6 Å². The summed E-state index contributed by atoms with van der Waals surface area (Å²) in [5, 5.41) is 12.2. The van der Waals surface area contributed by atoms with Gasteiger partial charge < -0.3 is 15.3 Å². The fourth-order valence-corrected chi connectivity index (χ4v) is 4.80. The quantitative estimate of drug-likeness (QED) is 0.818. The van der Waals surface area contributed by atoms with Crippen LogP contribution in [0.15, 0.2) is 0 Å². The number of aliphatic carboxylic acids is 1. The van der Waals surface area contributed by atoms with Gasteiger partial charge in [0.1, 0.15) is 6.04 Å². The molecule has 2 aliphatic rings. The second kappa shape index (κ2) is 6.90. The molecule has 1 aliphatic carbocycles. The Hall–Kier alpha value is -0.910. The maximum atomic E-state index is 12.3. The van der Waals surface area contributed by atoms with Gasteiger partial charge in [-0.25, -0.2) is 9.59 Å². The monoisotopic (exact) mass is 314 g/mol. The smallest absolute Gasteiger partial charge is 0.327 e. The number of carbonyl (C=O) groups is 2. The summed E-state index contributed by atoms with van der Waals surface area (Å²) < 4.78 is 0. The maximum Gasteiger partial charge on any atom is 0.327 e. The van der Waals surface area contributed by atoms with Crippen molar-refractivity contribution in [2.24, 2.45) is 11.3 Å². The number of carboxylic acid groups (broad SMARTS) is 1. The first-order valence-corrected chi connectivity index (χ1v) is 8.94. The molecule has 2 rings (SSSR count). The molecule has 1 heterocycles. The minimum absolute atomic E-state index is 0.218. The summed E-state index contributed by atoms with van der Waals surface area (Å²) in [7, 11) is 0. The average molecular weight is 314 g/mol. The van der Waals surface area contributed by atoms with E-state index in [1.807, 2.05) is 0 Å². The Morgan fingerprint density at radius 2 is 2.05 bits per heavy atom. The van der Waals surface area contributed by atoms with E-state index in [1.54, 1.807) is 0 Å². The molecule has 1 atom stereocenters. The van der Waals surface area contributed by atoms with Crippen molar-refractivity contribution in [2.45, 2.75) is 52.0 Å². The SMILES string of the molecule is CC(C)CC1(CNC(=O)N2CSC[C@H]2C(=O)O)CCCC1. The van der Waals surface area contributed by atoms with Gasteiger partial charge in [0.25, 0.3) is 0 Å². The van der Waals surface area contributed by atoms with Crippen LogP contribution in [0, 0.1) is 11.3 Å². The Kier molecular flexibility index (Phi) is 5.41. The van der Waals surface area contributed by atoms with Gasteiger partial charge in [0.05, 0.1) is 5.88 Å². The Morgan fingerprint density at radius 3 is 2.62 bits per heavy atom. The summed E-state index contributed by atoms with van der Waals surface area (Å²) in [4.78, 5) is 24.9. The van der Waals surface area contributed by atoms with Crippen molar-refractivity contribution in [1.29, 1.82) is 0 Å². The molecule has 1 saturated carbocycles. The van der Waals surface area contributed by atoms with Crippen LogP contribution in [0.3, 0.4) is 0 Å². The van der Waals surface area contributed by atoms with Gasteiger partial charge in [0, 0.05) is 12.3 Å². The van der Waals surface area contributed by atoms with Gasteiger partial charge in [0.2, 0.25) is 0 Å². The van der Waals surface area contributed by atoms with E-state index in [0.29, 0.717) is 24.1 Å². The standard InChI is InChI=1S/C15H26N2O3S/c1-11(2)7-15(5-3-4-6-15)9-16-14(20)17-10-21-8-12(17)13(18)19/h11-12H,3-10H2,1-2H3,(H,16,20)(H,18,19)/t12-/m0/s1. The number of nitrogens with one attached hydrogen (secondary N) is 1. The van der Waals surface area contributed by atoms with Gasteiger partial charge in [0.15, 0.2) is 0 Å². The van der Waals surface area contributed by atoms with Crippen LogP contribution in [0.25, 0.3) is 0 Å².